The fourth-order valence-electron chi connectivity index (χ4n) is 0.457. The van der Waals surface area contributed by atoms with E-state index in [9.17, 15) is 4.79 Å². The van der Waals surface area contributed by atoms with E-state index in [-0.39, 0.29) is 12.6 Å². The Bertz CT molecular complexity index is 246. The van der Waals surface area contributed by atoms with Gasteiger partial charge in [-0.05, 0) is 13.3 Å². The van der Waals surface area contributed by atoms with Crippen molar-refractivity contribution in [3.63, 3.8) is 0 Å². The maximum atomic E-state index is 10.5. The molecule has 0 aliphatic rings. The Hall–Kier alpha value is -2.16. The number of carboxylic acid groups (broad SMARTS) is 3. The summed E-state index contributed by atoms with van der Waals surface area (Å²) in [4.78, 5) is 37.5. The molecule has 4 N–H and O–H groups in total. The zero-order valence-corrected chi connectivity index (χ0v) is 12.7. The minimum absolute atomic E-state index is 0.0544. The van der Waals surface area contributed by atoms with Crippen molar-refractivity contribution in [3.05, 3.63) is 0 Å². The van der Waals surface area contributed by atoms with Crippen LogP contribution in [0.25, 0.3) is 0 Å². The first kappa shape index (κ1) is 27.2. The molecule has 0 rings (SSSR count). The average Bonchev–Trinajstić information content (AvgIpc) is 2.24. The standard InChI is InChI=1S/C6H12O3.3C2H4O2/c1-2-9-6(8)4-3-5-7;3*1-2(3)4/h7H,2-5H2,1H3;3*1H3,(H,3,4). The smallest absolute Gasteiger partial charge is 0.305 e. The van der Waals surface area contributed by atoms with Gasteiger partial charge in [-0.1, -0.05) is 0 Å². The Labute approximate surface area is 123 Å². The van der Waals surface area contributed by atoms with Crippen LogP contribution in [0.4, 0.5) is 0 Å². The highest BCUT2D eigenvalue weighted by atomic mass is 16.5. The molecule has 0 aromatic carbocycles. The molecule has 0 atom stereocenters. The second-order valence-electron chi connectivity index (χ2n) is 3.19. The summed E-state index contributed by atoms with van der Waals surface area (Å²) in [6.45, 7) is 5.49. The second kappa shape index (κ2) is 23.0. The van der Waals surface area contributed by atoms with E-state index in [0.717, 1.165) is 20.8 Å². The van der Waals surface area contributed by atoms with E-state index in [1.165, 1.54) is 0 Å². The Morgan fingerprint density at radius 1 is 0.857 bits per heavy atom. The van der Waals surface area contributed by atoms with Gasteiger partial charge in [-0.3, -0.25) is 19.2 Å². The van der Waals surface area contributed by atoms with Gasteiger partial charge in [-0.15, -0.1) is 0 Å². The molecule has 0 aliphatic carbocycles. The number of carbonyl (C=O) groups excluding carboxylic acids is 1. The maximum absolute atomic E-state index is 10.5. The zero-order chi connectivity index (χ0) is 17.8. The highest BCUT2D eigenvalue weighted by Crippen LogP contribution is 1.90. The van der Waals surface area contributed by atoms with E-state index in [1.54, 1.807) is 6.92 Å². The molecule has 0 radical (unpaired) electrons. The first-order valence-corrected chi connectivity index (χ1v) is 5.86. The molecule has 0 fully saturated rings. The van der Waals surface area contributed by atoms with Crippen LogP contribution in [-0.2, 0) is 23.9 Å². The number of aliphatic carboxylic acids is 3. The zero-order valence-electron chi connectivity index (χ0n) is 12.7. The Kier molecular flexibility index (Phi) is 29.8. The van der Waals surface area contributed by atoms with Gasteiger partial charge in [0.1, 0.15) is 0 Å². The van der Waals surface area contributed by atoms with Crippen LogP contribution in [0, 0.1) is 0 Å². The number of hydrogen-bond donors (Lipinski definition) is 4. The van der Waals surface area contributed by atoms with Gasteiger partial charge in [0, 0.05) is 33.8 Å². The van der Waals surface area contributed by atoms with Crippen LogP contribution in [0.5, 0.6) is 0 Å². The van der Waals surface area contributed by atoms with Crippen molar-refractivity contribution in [2.75, 3.05) is 13.2 Å². The highest BCUT2D eigenvalue weighted by molar-refractivity contribution is 5.69. The molecule has 0 unspecified atom stereocenters. The SMILES string of the molecule is CC(=O)O.CC(=O)O.CC(=O)O.CCOC(=O)CCCO. The fourth-order valence-corrected chi connectivity index (χ4v) is 0.457. The predicted molar refractivity (Wildman–Crippen MR) is 72.9 cm³/mol. The van der Waals surface area contributed by atoms with Crippen molar-refractivity contribution in [1.29, 1.82) is 0 Å². The molecule has 0 saturated heterocycles. The molecule has 9 nitrogen and oxygen atoms in total. The van der Waals surface area contributed by atoms with Gasteiger partial charge in [0.15, 0.2) is 0 Å². The summed E-state index contributed by atoms with van der Waals surface area (Å²) in [6.07, 6.45) is 0.823. The van der Waals surface area contributed by atoms with Crippen LogP contribution < -0.4 is 0 Å². The van der Waals surface area contributed by atoms with E-state index in [2.05, 4.69) is 4.74 Å². The summed E-state index contributed by atoms with van der Waals surface area (Å²) < 4.78 is 4.59. The number of esters is 1. The van der Waals surface area contributed by atoms with Gasteiger partial charge in [0.05, 0.1) is 6.61 Å². The first-order chi connectivity index (χ1) is 9.50. The predicted octanol–water partition coefficient (Wildman–Crippen LogP) is 0.595. The summed E-state index contributed by atoms with van der Waals surface area (Å²) in [5.74, 6) is -2.73. The number of hydrogen-bond acceptors (Lipinski definition) is 6. The van der Waals surface area contributed by atoms with E-state index in [0.29, 0.717) is 19.4 Å². The van der Waals surface area contributed by atoms with Crippen molar-refractivity contribution in [2.24, 2.45) is 0 Å². The molecule has 0 heterocycles. The lowest BCUT2D eigenvalue weighted by molar-refractivity contribution is -0.143. The van der Waals surface area contributed by atoms with Crippen LogP contribution in [0.2, 0.25) is 0 Å². The largest absolute Gasteiger partial charge is 0.481 e. The Morgan fingerprint density at radius 2 is 1.14 bits per heavy atom. The average molecular weight is 312 g/mol. The molecule has 126 valence electrons. The lowest BCUT2D eigenvalue weighted by Gasteiger charge is -1.97. The second-order valence-corrected chi connectivity index (χ2v) is 3.19. The molecule has 0 amide bonds. The third-order valence-corrected chi connectivity index (χ3v) is 0.844. The highest BCUT2D eigenvalue weighted by Gasteiger charge is 1.97. The van der Waals surface area contributed by atoms with Gasteiger partial charge in [-0.25, -0.2) is 0 Å². The molecule has 0 aromatic heterocycles. The van der Waals surface area contributed by atoms with Crippen LogP contribution >= 0.6 is 0 Å². The topological polar surface area (TPSA) is 158 Å². The van der Waals surface area contributed by atoms with Crippen molar-refractivity contribution in [1.82, 2.24) is 0 Å². The lowest BCUT2D eigenvalue weighted by Crippen LogP contribution is -2.03. The summed E-state index contributed by atoms with van der Waals surface area (Å²) in [7, 11) is 0. The monoisotopic (exact) mass is 312 g/mol. The number of aliphatic hydroxyl groups excluding tert-OH is 1. The van der Waals surface area contributed by atoms with E-state index in [4.69, 9.17) is 34.8 Å². The molecule has 9 heteroatoms. The normalized spacial score (nSPS) is 7.48. The summed E-state index contributed by atoms with van der Waals surface area (Å²) in [5.41, 5.74) is 0. The van der Waals surface area contributed by atoms with Crippen molar-refractivity contribution < 1.29 is 44.3 Å². The molecular weight excluding hydrogens is 288 g/mol. The third-order valence-electron chi connectivity index (χ3n) is 0.844. The van der Waals surface area contributed by atoms with Crippen molar-refractivity contribution in [2.45, 2.75) is 40.5 Å². The summed E-state index contributed by atoms with van der Waals surface area (Å²) in [5, 5.41) is 30.5. The van der Waals surface area contributed by atoms with Crippen LogP contribution in [-0.4, -0.2) is 57.5 Å². The number of ether oxygens (including phenoxy) is 1. The quantitative estimate of drug-likeness (QED) is 0.545. The van der Waals surface area contributed by atoms with E-state index >= 15 is 0 Å². The Balaban J connectivity index is -0.000000102. The Morgan fingerprint density at radius 3 is 1.33 bits per heavy atom. The molecule has 0 aromatic rings. The van der Waals surface area contributed by atoms with Crippen molar-refractivity contribution >= 4 is 23.9 Å². The minimum Gasteiger partial charge on any atom is -0.481 e. The maximum Gasteiger partial charge on any atom is 0.305 e. The molecule has 0 aliphatic heterocycles. The molecule has 0 bridgehead atoms. The van der Waals surface area contributed by atoms with Crippen LogP contribution in [0.3, 0.4) is 0 Å². The lowest BCUT2D eigenvalue weighted by atomic mass is 10.3. The van der Waals surface area contributed by atoms with E-state index in [1.807, 2.05) is 0 Å². The molecule has 0 saturated carbocycles. The first-order valence-electron chi connectivity index (χ1n) is 5.86. The van der Waals surface area contributed by atoms with Gasteiger partial charge in [0.2, 0.25) is 0 Å². The van der Waals surface area contributed by atoms with Gasteiger partial charge in [-0.2, -0.15) is 0 Å². The third kappa shape index (κ3) is 191. The minimum atomic E-state index is -0.833. The van der Waals surface area contributed by atoms with Gasteiger partial charge in [0.25, 0.3) is 17.9 Å². The van der Waals surface area contributed by atoms with Crippen LogP contribution in [0.15, 0.2) is 0 Å². The molecular formula is C12H24O9. The number of carboxylic acids is 3. The van der Waals surface area contributed by atoms with Gasteiger partial charge < -0.3 is 25.2 Å². The number of rotatable bonds is 4. The summed E-state index contributed by atoms with van der Waals surface area (Å²) in [6, 6.07) is 0. The van der Waals surface area contributed by atoms with Gasteiger partial charge >= 0.3 is 5.97 Å². The van der Waals surface area contributed by atoms with Crippen molar-refractivity contribution in [3.8, 4) is 0 Å². The molecule has 0 spiro atoms. The fraction of sp³-hybridized carbons (Fsp3) is 0.667. The van der Waals surface area contributed by atoms with Crippen LogP contribution in [0.1, 0.15) is 40.5 Å². The summed E-state index contributed by atoms with van der Waals surface area (Å²) >= 11 is 0. The molecule has 21 heavy (non-hydrogen) atoms. The van der Waals surface area contributed by atoms with E-state index < -0.39 is 17.9 Å². The number of aliphatic hydroxyl groups is 1. The number of carbonyl (C=O) groups is 4.